The molecule has 0 radical (unpaired) electrons. The van der Waals surface area contributed by atoms with Crippen LogP contribution in [-0.4, -0.2) is 22.8 Å². The van der Waals surface area contributed by atoms with E-state index in [9.17, 15) is 14.7 Å². The molecule has 0 unspecified atom stereocenters. The number of aromatic carboxylic acids is 1. The molecule has 3 aromatic rings. The van der Waals surface area contributed by atoms with E-state index in [0.29, 0.717) is 27.9 Å². The molecule has 0 aliphatic heterocycles. The van der Waals surface area contributed by atoms with Crippen LogP contribution >= 0.6 is 0 Å². The average Bonchev–Trinajstić information content (AvgIpc) is 2.68. The fourth-order valence-corrected chi connectivity index (χ4v) is 2.75. The zero-order valence-electron chi connectivity index (χ0n) is 14.3. The largest absolute Gasteiger partial charge is 0.478 e. The lowest BCUT2D eigenvalue weighted by Gasteiger charge is -2.12. The zero-order valence-corrected chi connectivity index (χ0v) is 14.3. The van der Waals surface area contributed by atoms with E-state index in [4.69, 9.17) is 11.1 Å². The summed E-state index contributed by atoms with van der Waals surface area (Å²) in [5.41, 5.74) is 8.03. The van der Waals surface area contributed by atoms with Gasteiger partial charge in [0.1, 0.15) is 5.84 Å². The minimum Gasteiger partial charge on any atom is -0.478 e. The Hall–Kier alpha value is -3.93. The Morgan fingerprint density at radius 1 is 0.815 bits per heavy atom. The number of carboxylic acids is 1. The van der Waals surface area contributed by atoms with Gasteiger partial charge in [-0.05, 0) is 47.5 Å². The van der Waals surface area contributed by atoms with Crippen molar-refractivity contribution in [1.29, 1.82) is 5.41 Å². The molecule has 0 aliphatic rings. The Morgan fingerprint density at radius 2 is 1.33 bits per heavy atom. The van der Waals surface area contributed by atoms with Crippen LogP contribution in [0.3, 0.4) is 0 Å². The summed E-state index contributed by atoms with van der Waals surface area (Å²) in [7, 11) is 0. The van der Waals surface area contributed by atoms with Gasteiger partial charge in [0.25, 0.3) is 5.91 Å². The van der Waals surface area contributed by atoms with Crippen molar-refractivity contribution in [2.24, 2.45) is 5.73 Å². The van der Waals surface area contributed by atoms with Crippen LogP contribution in [0.2, 0.25) is 0 Å². The summed E-state index contributed by atoms with van der Waals surface area (Å²) < 4.78 is 0. The summed E-state index contributed by atoms with van der Waals surface area (Å²) in [5, 5.41) is 19.6. The van der Waals surface area contributed by atoms with Crippen LogP contribution in [0.5, 0.6) is 0 Å². The Bertz CT molecular complexity index is 1030. The highest BCUT2D eigenvalue weighted by atomic mass is 16.4. The molecule has 1 amide bonds. The first-order valence-electron chi connectivity index (χ1n) is 8.15. The third kappa shape index (κ3) is 3.85. The summed E-state index contributed by atoms with van der Waals surface area (Å²) in [4.78, 5) is 24.3. The van der Waals surface area contributed by atoms with Crippen LogP contribution < -0.4 is 11.1 Å². The molecule has 27 heavy (non-hydrogen) atoms. The molecule has 6 nitrogen and oxygen atoms in total. The third-order valence-corrected chi connectivity index (χ3v) is 4.07. The van der Waals surface area contributed by atoms with Gasteiger partial charge in [-0.25, -0.2) is 4.79 Å². The van der Waals surface area contributed by atoms with Gasteiger partial charge in [0.15, 0.2) is 0 Å². The molecule has 0 saturated heterocycles. The molecule has 0 heterocycles. The Balaban J connectivity index is 1.95. The van der Waals surface area contributed by atoms with Gasteiger partial charge in [0.05, 0.1) is 5.56 Å². The first-order valence-corrected chi connectivity index (χ1v) is 8.15. The van der Waals surface area contributed by atoms with Crippen molar-refractivity contribution in [3.63, 3.8) is 0 Å². The normalized spacial score (nSPS) is 10.2. The van der Waals surface area contributed by atoms with Gasteiger partial charge in [0, 0.05) is 16.8 Å². The minimum atomic E-state index is -1.05. The van der Waals surface area contributed by atoms with Crippen molar-refractivity contribution in [3.8, 4) is 11.1 Å². The first kappa shape index (κ1) is 17.9. The highest BCUT2D eigenvalue weighted by Gasteiger charge is 2.17. The SMILES string of the molecule is N=C(N)c1ccc(NC(=O)c2ccccc2-c2ccccc2C(=O)O)cc1. The predicted molar refractivity (Wildman–Crippen MR) is 104 cm³/mol. The van der Waals surface area contributed by atoms with Gasteiger partial charge < -0.3 is 16.2 Å². The first-order chi connectivity index (χ1) is 13.0. The number of nitrogens with two attached hydrogens (primary N) is 1. The zero-order chi connectivity index (χ0) is 19.4. The molecular weight excluding hydrogens is 342 g/mol. The molecule has 6 heteroatoms. The van der Waals surface area contributed by atoms with Crippen molar-refractivity contribution >= 4 is 23.4 Å². The van der Waals surface area contributed by atoms with E-state index in [0.717, 1.165) is 0 Å². The van der Waals surface area contributed by atoms with E-state index in [1.54, 1.807) is 66.7 Å². The van der Waals surface area contributed by atoms with E-state index in [2.05, 4.69) is 5.32 Å². The predicted octanol–water partition coefficient (Wildman–Crippen LogP) is 3.59. The fraction of sp³-hybridized carbons (Fsp3) is 0. The lowest BCUT2D eigenvalue weighted by atomic mass is 9.95. The second-order valence-corrected chi connectivity index (χ2v) is 5.84. The summed E-state index contributed by atoms with van der Waals surface area (Å²) in [6, 6.07) is 20.0. The van der Waals surface area contributed by atoms with Crippen LogP contribution in [-0.2, 0) is 0 Å². The van der Waals surface area contributed by atoms with Gasteiger partial charge >= 0.3 is 5.97 Å². The molecule has 0 fully saturated rings. The summed E-state index contributed by atoms with van der Waals surface area (Å²) in [5.74, 6) is -1.47. The summed E-state index contributed by atoms with van der Waals surface area (Å²) >= 11 is 0. The van der Waals surface area contributed by atoms with Crippen molar-refractivity contribution in [2.75, 3.05) is 5.32 Å². The van der Waals surface area contributed by atoms with Gasteiger partial charge in [0.2, 0.25) is 0 Å². The highest BCUT2D eigenvalue weighted by molar-refractivity contribution is 6.10. The average molecular weight is 359 g/mol. The van der Waals surface area contributed by atoms with Gasteiger partial charge in [-0.2, -0.15) is 0 Å². The van der Waals surface area contributed by atoms with Crippen molar-refractivity contribution in [2.45, 2.75) is 0 Å². The number of nitrogen functional groups attached to an aromatic ring is 1. The van der Waals surface area contributed by atoms with Crippen LogP contribution in [0.4, 0.5) is 5.69 Å². The quantitative estimate of drug-likeness (QED) is 0.411. The number of benzene rings is 3. The maximum Gasteiger partial charge on any atom is 0.336 e. The van der Waals surface area contributed by atoms with E-state index in [-0.39, 0.29) is 17.3 Å². The Kier molecular flexibility index (Phi) is 4.99. The number of nitrogens with one attached hydrogen (secondary N) is 2. The number of hydrogen-bond acceptors (Lipinski definition) is 3. The van der Waals surface area contributed by atoms with Crippen molar-refractivity contribution in [3.05, 3.63) is 89.5 Å². The number of anilines is 1. The van der Waals surface area contributed by atoms with Crippen LogP contribution in [0.1, 0.15) is 26.3 Å². The smallest absolute Gasteiger partial charge is 0.336 e. The lowest BCUT2D eigenvalue weighted by molar-refractivity contribution is 0.0697. The molecule has 0 spiro atoms. The topological polar surface area (TPSA) is 116 Å². The molecule has 3 rings (SSSR count). The molecule has 0 aromatic heterocycles. The van der Waals surface area contributed by atoms with Crippen LogP contribution in [0.25, 0.3) is 11.1 Å². The lowest BCUT2D eigenvalue weighted by Crippen LogP contribution is -2.14. The molecule has 0 atom stereocenters. The minimum absolute atomic E-state index is 0.0523. The van der Waals surface area contributed by atoms with Gasteiger partial charge in [-0.3, -0.25) is 10.2 Å². The molecule has 5 N–H and O–H groups in total. The molecule has 3 aromatic carbocycles. The number of amides is 1. The van der Waals surface area contributed by atoms with Crippen molar-refractivity contribution < 1.29 is 14.7 Å². The number of carbonyl (C=O) groups is 2. The number of carbonyl (C=O) groups excluding carboxylic acids is 1. The maximum atomic E-state index is 12.8. The third-order valence-electron chi connectivity index (χ3n) is 4.07. The molecule has 0 aliphatic carbocycles. The molecular formula is C21H17N3O3. The Labute approximate surface area is 155 Å². The van der Waals surface area contributed by atoms with Gasteiger partial charge in [-0.1, -0.05) is 36.4 Å². The maximum absolute atomic E-state index is 12.8. The van der Waals surface area contributed by atoms with E-state index >= 15 is 0 Å². The van der Waals surface area contributed by atoms with E-state index < -0.39 is 5.97 Å². The molecule has 0 bridgehead atoms. The summed E-state index contributed by atoms with van der Waals surface area (Å²) in [6.07, 6.45) is 0. The number of amidine groups is 1. The standard InChI is InChI=1S/C21H17N3O3/c22-19(23)13-9-11-14(12-10-13)24-20(25)17-7-3-1-5-15(17)16-6-2-4-8-18(16)21(26)27/h1-12H,(H3,22,23)(H,24,25)(H,26,27). The number of rotatable bonds is 5. The highest BCUT2D eigenvalue weighted by Crippen LogP contribution is 2.28. The van der Waals surface area contributed by atoms with Crippen LogP contribution in [0.15, 0.2) is 72.8 Å². The van der Waals surface area contributed by atoms with E-state index in [1.165, 1.54) is 6.07 Å². The van der Waals surface area contributed by atoms with E-state index in [1.807, 2.05) is 0 Å². The number of carboxylic acid groups (broad SMARTS) is 1. The second kappa shape index (κ2) is 7.53. The number of hydrogen-bond donors (Lipinski definition) is 4. The van der Waals surface area contributed by atoms with Gasteiger partial charge in [-0.15, -0.1) is 0 Å². The Morgan fingerprint density at radius 3 is 1.89 bits per heavy atom. The fourth-order valence-electron chi connectivity index (χ4n) is 2.75. The monoisotopic (exact) mass is 359 g/mol. The second-order valence-electron chi connectivity index (χ2n) is 5.84. The molecule has 134 valence electrons. The summed E-state index contributed by atoms with van der Waals surface area (Å²) in [6.45, 7) is 0. The van der Waals surface area contributed by atoms with Crippen LogP contribution in [0, 0.1) is 5.41 Å². The molecule has 0 saturated carbocycles. The van der Waals surface area contributed by atoms with Crippen molar-refractivity contribution in [1.82, 2.24) is 0 Å².